The van der Waals surface area contributed by atoms with Crippen molar-refractivity contribution in [1.29, 1.82) is 0 Å². The van der Waals surface area contributed by atoms with Crippen molar-refractivity contribution < 1.29 is 19.8 Å². The normalized spacial score (nSPS) is 44.1. The number of fused-ring (bicyclic) bond motifs is 2. The van der Waals surface area contributed by atoms with Crippen molar-refractivity contribution >= 4 is 11.8 Å². The number of carbonyl (C=O) groups is 2. The number of ketones is 1. The Morgan fingerprint density at radius 1 is 1.28 bits per heavy atom. The quantitative estimate of drug-likeness (QED) is 0.760. The van der Waals surface area contributed by atoms with Crippen LogP contribution in [0.3, 0.4) is 0 Å². The van der Waals surface area contributed by atoms with Crippen LogP contribution in [0.5, 0.6) is 0 Å². The number of allylic oxidation sites excluding steroid dienone is 2. The topological polar surface area (TPSA) is 74.6 Å². The lowest BCUT2D eigenvalue weighted by molar-refractivity contribution is -0.144. The van der Waals surface area contributed by atoms with Gasteiger partial charge in [0.05, 0.1) is 12.5 Å². The molecule has 4 heteroatoms. The third kappa shape index (κ3) is 2.61. The maximum atomic E-state index is 13.1. The maximum absolute atomic E-state index is 13.1. The molecule has 0 aromatic carbocycles. The summed E-state index contributed by atoms with van der Waals surface area (Å²) in [6, 6.07) is 0. The molecule has 0 spiro atoms. The minimum absolute atomic E-state index is 0.0152. The Hall–Kier alpha value is -1.42. The Labute approximate surface area is 150 Å². The van der Waals surface area contributed by atoms with E-state index in [1.807, 2.05) is 6.92 Å². The van der Waals surface area contributed by atoms with Crippen molar-refractivity contribution in [3.8, 4) is 0 Å². The first-order valence-electron chi connectivity index (χ1n) is 9.39. The summed E-state index contributed by atoms with van der Waals surface area (Å²) in [6.07, 6.45) is 5.86. The first kappa shape index (κ1) is 18.4. The molecule has 3 rings (SSSR count). The molecule has 0 aromatic rings. The van der Waals surface area contributed by atoms with Crippen molar-refractivity contribution in [2.45, 2.75) is 71.8 Å². The van der Waals surface area contributed by atoms with Gasteiger partial charge in [-0.1, -0.05) is 31.9 Å². The molecule has 5 atom stereocenters. The zero-order valence-corrected chi connectivity index (χ0v) is 15.6. The van der Waals surface area contributed by atoms with E-state index in [1.165, 1.54) is 0 Å². The molecule has 4 nitrogen and oxygen atoms in total. The van der Waals surface area contributed by atoms with Crippen molar-refractivity contribution in [2.24, 2.45) is 22.2 Å². The van der Waals surface area contributed by atoms with Gasteiger partial charge < -0.3 is 10.2 Å². The minimum Gasteiger partial charge on any atom is -0.481 e. The Balaban J connectivity index is 2.09. The van der Waals surface area contributed by atoms with E-state index in [-0.39, 0.29) is 29.0 Å². The SMILES string of the molecule is C=C[C@@]1(C)CCC2=C(C1=O)[C@@H](O)C[C@H]1[C@](C)(CC(=O)O)CCC[C@]21C. The lowest BCUT2D eigenvalue weighted by atomic mass is 9.46. The fourth-order valence-electron chi connectivity index (χ4n) is 6.00. The van der Waals surface area contributed by atoms with E-state index >= 15 is 0 Å². The number of carbonyl (C=O) groups excluding carboxylic acids is 1. The summed E-state index contributed by atoms with van der Waals surface area (Å²) >= 11 is 0. The van der Waals surface area contributed by atoms with Crippen LogP contribution in [0.1, 0.15) is 65.7 Å². The Morgan fingerprint density at radius 3 is 2.56 bits per heavy atom. The van der Waals surface area contributed by atoms with Crippen LogP contribution in [0.4, 0.5) is 0 Å². The summed E-state index contributed by atoms with van der Waals surface area (Å²) in [4.78, 5) is 24.5. The van der Waals surface area contributed by atoms with Crippen LogP contribution in [-0.4, -0.2) is 28.1 Å². The van der Waals surface area contributed by atoms with Gasteiger partial charge in [0.25, 0.3) is 0 Å². The van der Waals surface area contributed by atoms with Gasteiger partial charge in [0.15, 0.2) is 5.78 Å². The molecular weight excluding hydrogens is 316 g/mol. The first-order chi connectivity index (χ1) is 11.6. The number of aliphatic hydroxyl groups excluding tert-OH is 1. The molecule has 0 radical (unpaired) electrons. The van der Waals surface area contributed by atoms with E-state index in [1.54, 1.807) is 6.08 Å². The first-order valence-corrected chi connectivity index (χ1v) is 9.39. The van der Waals surface area contributed by atoms with Gasteiger partial charge in [0.1, 0.15) is 0 Å². The average Bonchev–Trinajstić information content (AvgIpc) is 2.52. The highest BCUT2D eigenvalue weighted by Crippen LogP contribution is 2.63. The summed E-state index contributed by atoms with van der Waals surface area (Å²) in [5.74, 6) is -0.666. The van der Waals surface area contributed by atoms with Gasteiger partial charge in [-0.3, -0.25) is 9.59 Å². The smallest absolute Gasteiger partial charge is 0.303 e. The van der Waals surface area contributed by atoms with Crippen LogP contribution in [0.25, 0.3) is 0 Å². The predicted octanol–water partition coefficient (Wildman–Crippen LogP) is 3.89. The van der Waals surface area contributed by atoms with Crippen molar-refractivity contribution in [3.63, 3.8) is 0 Å². The number of rotatable bonds is 3. The number of carboxylic acid groups (broad SMARTS) is 1. The number of Topliss-reactive ketones (excluding diaryl/α,β-unsaturated/α-hetero) is 1. The largest absolute Gasteiger partial charge is 0.481 e. The molecule has 25 heavy (non-hydrogen) atoms. The lowest BCUT2D eigenvalue weighted by Gasteiger charge is -2.58. The number of hydrogen-bond donors (Lipinski definition) is 2. The van der Waals surface area contributed by atoms with Crippen molar-refractivity contribution in [2.75, 3.05) is 0 Å². The van der Waals surface area contributed by atoms with Gasteiger partial charge in [-0.2, -0.15) is 0 Å². The molecular formula is C21H30O4. The second-order valence-electron chi connectivity index (χ2n) is 9.14. The fourth-order valence-corrected chi connectivity index (χ4v) is 6.00. The molecule has 0 heterocycles. The van der Waals surface area contributed by atoms with E-state index < -0.39 is 17.5 Å². The minimum atomic E-state index is -0.786. The second kappa shape index (κ2) is 5.80. The van der Waals surface area contributed by atoms with E-state index in [2.05, 4.69) is 20.4 Å². The highest BCUT2D eigenvalue weighted by Gasteiger charge is 2.57. The van der Waals surface area contributed by atoms with Crippen LogP contribution in [0.2, 0.25) is 0 Å². The van der Waals surface area contributed by atoms with Gasteiger partial charge in [0, 0.05) is 11.0 Å². The number of hydrogen-bond acceptors (Lipinski definition) is 3. The number of carboxylic acids is 1. The second-order valence-corrected chi connectivity index (χ2v) is 9.14. The van der Waals surface area contributed by atoms with Gasteiger partial charge >= 0.3 is 5.97 Å². The van der Waals surface area contributed by atoms with E-state index in [4.69, 9.17) is 0 Å². The van der Waals surface area contributed by atoms with Crippen LogP contribution in [0.15, 0.2) is 23.8 Å². The molecule has 0 aromatic heterocycles. The molecule has 0 unspecified atom stereocenters. The van der Waals surface area contributed by atoms with Crippen molar-refractivity contribution in [1.82, 2.24) is 0 Å². The highest BCUT2D eigenvalue weighted by molar-refractivity contribution is 6.03. The lowest BCUT2D eigenvalue weighted by Crippen LogP contribution is -2.53. The van der Waals surface area contributed by atoms with E-state index in [0.717, 1.165) is 37.7 Å². The predicted molar refractivity (Wildman–Crippen MR) is 96.0 cm³/mol. The summed E-state index contributed by atoms with van der Waals surface area (Å²) in [7, 11) is 0. The van der Waals surface area contributed by atoms with Crippen LogP contribution >= 0.6 is 0 Å². The van der Waals surface area contributed by atoms with Crippen LogP contribution in [0, 0.1) is 22.2 Å². The molecule has 0 amide bonds. The molecule has 138 valence electrons. The van der Waals surface area contributed by atoms with Gasteiger partial charge in [-0.05, 0) is 55.8 Å². The fraction of sp³-hybridized carbons (Fsp3) is 0.714. The molecule has 1 fully saturated rings. The summed E-state index contributed by atoms with van der Waals surface area (Å²) in [6.45, 7) is 9.99. The standard InChI is InChI=1S/C21H30O4/c1-5-19(2)10-7-13-17(18(19)25)14(22)11-15-20(3,12-16(23)24)8-6-9-21(13,15)4/h5,14-15,22H,1,6-12H2,2-4H3,(H,23,24)/t14-,15-,19-,20-,21+/m0/s1. The number of aliphatic hydroxyl groups is 1. The Bertz CT molecular complexity index is 663. The third-order valence-electron chi connectivity index (χ3n) is 7.52. The zero-order valence-electron chi connectivity index (χ0n) is 15.6. The zero-order chi connectivity index (χ0) is 18.6. The summed E-state index contributed by atoms with van der Waals surface area (Å²) in [5.41, 5.74) is 0.585. The molecule has 2 N–H and O–H groups in total. The number of aliphatic carboxylic acids is 1. The maximum Gasteiger partial charge on any atom is 0.303 e. The van der Waals surface area contributed by atoms with Crippen LogP contribution in [-0.2, 0) is 9.59 Å². The average molecular weight is 346 g/mol. The van der Waals surface area contributed by atoms with Crippen molar-refractivity contribution in [3.05, 3.63) is 23.8 Å². The van der Waals surface area contributed by atoms with Crippen LogP contribution < -0.4 is 0 Å². The molecule has 3 aliphatic carbocycles. The van der Waals surface area contributed by atoms with Gasteiger partial charge in [0.2, 0.25) is 0 Å². The molecule has 0 aliphatic heterocycles. The Morgan fingerprint density at radius 2 is 1.96 bits per heavy atom. The van der Waals surface area contributed by atoms with E-state index in [9.17, 15) is 19.8 Å². The van der Waals surface area contributed by atoms with E-state index in [0.29, 0.717) is 12.0 Å². The molecule has 0 saturated heterocycles. The molecule has 0 bridgehead atoms. The molecule has 3 aliphatic rings. The van der Waals surface area contributed by atoms with Gasteiger partial charge in [-0.25, -0.2) is 0 Å². The summed E-state index contributed by atoms with van der Waals surface area (Å²) in [5, 5.41) is 20.3. The third-order valence-corrected chi connectivity index (χ3v) is 7.52. The monoisotopic (exact) mass is 346 g/mol. The highest BCUT2D eigenvalue weighted by atomic mass is 16.4. The van der Waals surface area contributed by atoms with Gasteiger partial charge in [-0.15, -0.1) is 6.58 Å². The summed E-state index contributed by atoms with van der Waals surface area (Å²) < 4.78 is 0. The molecule has 1 saturated carbocycles. The Kier molecular flexibility index (Phi) is 4.26.